The summed E-state index contributed by atoms with van der Waals surface area (Å²) in [5.74, 6) is 0.471. The Balaban J connectivity index is 0.971. The molecule has 1 aliphatic heterocycles. The Labute approximate surface area is 289 Å². The van der Waals surface area contributed by atoms with Gasteiger partial charge in [-0.05, 0) is 72.3 Å². The van der Waals surface area contributed by atoms with Crippen LogP contribution >= 0.6 is 11.3 Å². The van der Waals surface area contributed by atoms with Crippen molar-refractivity contribution >= 4 is 44.0 Å². The first-order chi connectivity index (χ1) is 23.6. The van der Waals surface area contributed by atoms with Gasteiger partial charge in [0.2, 0.25) is 0 Å². The SMILES string of the molecule is CCCCCCCCCCCC(=O)OCOCn1c(=O)ccc2ccc(OCCCCN3CCN(c4cccc5ccsc45)CC3)cc21. The van der Waals surface area contributed by atoms with Crippen LogP contribution in [0.2, 0.25) is 0 Å². The quantitative estimate of drug-likeness (QED) is 0.0498. The molecule has 260 valence electrons. The summed E-state index contributed by atoms with van der Waals surface area (Å²) < 4.78 is 19.9. The highest BCUT2D eigenvalue weighted by atomic mass is 32.1. The molecule has 1 saturated heterocycles. The van der Waals surface area contributed by atoms with E-state index in [1.165, 1.54) is 60.4 Å². The normalized spacial score (nSPS) is 13.8. The van der Waals surface area contributed by atoms with Gasteiger partial charge in [-0.15, -0.1) is 11.3 Å². The monoisotopic (exact) mass is 675 g/mol. The van der Waals surface area contributed by atoms with Crippen molar-refractivity contribution in [2.75, 3.05) is 51.0 Å². The van der Waals surface area contributed by atoms with Gasteiger partial charge in [0.1, 0.15) is 12.5 Å². The highest BCUT2D eigenvalue weighted by molar-refractivity contribution is 7.17. The first kappa shape index (κ1) is 35.9. The number of benzene rings is 2. The van der Waals surface area contributed by atoms with Crippen molar-refractivity contribution in [1.29, 1.82) is 0 Å². The van der Waals surface area contributed by atoms with Gasteiger partial charge in [0.15, 0.2) is 6.79 Å². The molecule has 0 spiro atoms. The van der Waals surface area contributed by atoms with E-state index in [-0.39, 0.29) is 25.1 Å². The highest BCUT2D eigenvalue weighted by Gasteiger charge is 2.18. The largest absolute Gasteiger partial charge is 0.494 e. The minimum absolute atomic E-state index is 0.000670. The fraction of sp³-hybridized carbons (Fsp3) is 0.538. The number of piperazine rings is 1. The predicted octanol–water partition coefficient (Wildman–Crippen LogP) is 8.59. The summed E-state index contributed by atoms with van der Waals surface area (Å²) in [6.07, 6.45) is 13.3. The Kier molecular flexibility index (Phi) is 14.6. The summed E-state index contributed by atoms with van der Waals surface area (Å²) in [5, 5.41) is 4.43. The van der Waals surface area contributed by atoms with Gasteiger partial charge >= 0.3 is 5.97 Å². The average Bonchev–Trinajstić information content (AvgIpc) is 3.60. The minimum Gasteiger partial charge on any atom is -0.494 e. The average molecular weight is 676 g/mol. The van der Waals surface area contributed by atoms with Gasteiger partial charge in [-0.2, -0.15) is 0 Å². The van der Waals surface area contributed by atoms with Crippen molar-refractivity contribution < 1.29 is 19.0 Å². The molecule has 1 aliphatic rings. The molecule has 0 aliphatic carbocycles. The standard InChI is InChI=1S/C39H53N3O5S/c1-2-3-4-5-6-7-8-9-10-16-38(44)47-31-45-30-42-36-29-34(19-17-32(36)18-20-37(42)43)46-27-12-11-22-40-23-25-41(26-24-40)35-15-13-14-33-21-28-48-39(33)35/h13-15,17-21,28-29H,2-12,16,22-27,30-31H2,1H3. The lowest BCUT2D eigenvalue weighted by Crippen LogP contribution is -2.46. The molecule has 0 N–H and O–H groups in total. The van der Waals surface area contributed by atoms with Crippen molar-refractivity contribution in [1.82, 2.24) is 9.47 Å². The number of hydrogen-bond donors (Lipinski definition) is 0. The summed E-state index contributed by atoms with van der Waals surface area (Å²) in [6, 6.07) is 18.0. The number of pyridine rings is 1. The molecule has 0 bridgehead atoms. The molecular weight excluding hydrogens is 623 g/mol. The van der Waals surface area contributed by atoms with Crippen molar-refractivity contribution in [3.8, 4) is 5.75 Å². The van der Waals surface area contributed by atoms with Crippen molar-refractivity contribution in [3.05, 3.63) is 70.3 Å². The van der Waals surface area contributed by atoms with Crippen LogP contribution in [0.4, 0.5) is 5.69 Å². The third-order valence-corrected chi connectivity index (χ3v) is 10.2. The first-order valence-corrected chi connectivity index (χ1v) is 18.9. The number of hydrogen-bond acceptors (Lipinski definition) is 8. The number of anilines is 1. The molecule has 0 unspecified atom stereocenters. The summed E-state index contributed by atoms with van der Waals surface area (Å²) >= 11 is 1.83. The molecule has 0 amide bonds. The van der Waals surface area contributed by atoms with Gasteiger partial charge in [0.25, 0.3) is 5.56 Å². The number of esters is 1. The molecule has 3 heterocycles. The lowest BCUT2D eigenvalue weighted by atomic mass is 10.1. The van der Waals surface area contributed by atoms with E-state index in [2.05, 4.69) is 46.4 Å². The van der Waals surface area contributed by atoms with Crippen LogP contribution in [-0.4, -0.2) is 61.6 Å². The highest BCUT2D eigenvalue weighted by Crippen LogP contribution is 2.32. The zero-order valence-electron chi connectivity index (χ0n) is 28.7. The number of carbonyl (C=O) groups excluding carboxylic acids is 1. The van der Waals surface area contributed by atoms with Crippen LogP contribution in [0.1, 0.15) is 84.0 Å². The molecule has 2 aromatic carbocycles. The van der Waals surface area contributed by atoms with E-state index in [9.17, 15) is 9.59 Å². The summed E-state index contributed by atoms with van der Waals surface area (Å²) in [6.45, 7) is 8.01. The molecule has 0 radical (unpaired) electrons. The summed E-state index contributed by atoms with van der Waals surface area (Å²) in [4.78, 5) is 29.9. The molecule has 1 fully saturated rings. The fourth-order valence-electron chi connectivity index (χ4n) is 6.45. The van der Waals surface area contributed by atoms with Gasteiger partial charge in [-0.1, -0.05) is 70.4 Å². The lowest BCUT2D eigenvalue weighted by molar-refractivity contribution is -0.159. The molecule has 2 aromatic heterocycles. The smallest absolute Gasteiger partial charge is 0.307 e. The fourth-order valence-corrected chi connectivity index (χ4v) is 7.39. The van der Waals surface area contributed by atoms with E-state index < -0.39 is 0 Å². The Morgan fingerprint density at radius 2 is 1.58 bits per heavy atom. The number of unbranched alkanes of at least 4 members (excludes halogenated alkanes) is 9. The third-order valence-electron chi connectivity index (χ3n) is 9.28. The second kappa shape index (κ2) is 19.6. The maximum atomic E-state index is 12.7. The van der Waals surface area contributed by atoms with Gasteiger partial charge in [-0.3, -0.25) is 19.1 Å². The van der Waals surface area contributed by atoms with Gasteiger partial charge in [-0.25, -0.2) is 0 Å². The first-order valence-electron chi connectivity index (χ1n) is 18.1. The van der Waals surface area contributed by atoms with Crippen LogP contribution < -0.4 is 15.2 Å². The van der Waals surface area contributed by atoms with Gasteiger partial charge in [0.05, 0.1) is 22.5 Å². The number of nitrogens with zero attached hydrogens (tertiary/aromatic N) is 3. The number of ether oxygens (including phenoxy) is 3. The Morgan fingerprint density at radius 3 is 2.40 bits per heavy atom. The maximum absolute atomic E-state index is 12.7. The topological polar surface area (TPSA) is 73.2 Å². The molecule has 48 heavy (non-hydrogen) atoms. The Hall–Kier alpha value is -3.40. The van der Waals surface area contributed by atoms with Crippen LogP contribution in [0.3, 0.4) is 0 Å². The lowest BCUT2D eigenvalue weighted by Gasteiger charge is -2.36. The summed E-state index contributed by atoms with van der Waals surface area (Å²) in [5.41, 5.74) is 1.93. The molecular formula is C39H53N3O5S. The van der Waals surface area contributed by atoms with Crippen molar-refractivity contribution in [2.24, 2.45) is 0 Å². The van der Waals surface area contributed by atoms with E-state index in [4.69, 9.17) is 14.2 Å². The molecule has 8 nitrogen and oxygen atoms in total. The van der Waals surface area contributed by atoms with Crippen LogP contribution in [0.5, 0.6) is 5.75 Å². The number of aromatic nitrogens is 1. The predicted molar refractivity (Wildman–Crippen MR) is 197 cm³/mol. The van der Waals surface area contributed by atoms with E-state index in [0.29, 0.717) is 13.0 Å². The van der Waals surface area contributed by atoms with E-state index in [1.54, 1.807) is 4.57 Å². The number of rotatable bonds is 21. The molecule has 5 rings (SSSR count). The van der Waals surface area contributed by atoms with Crippen LogP contribution in [0, 0.1) is 0 Å². The van der Waals surface area contributed by atoms with Gasteiger partial charge in [0, 0.05) is 44.7 Å². The van der Waals surface area contributed by atoms with Gasteiger partial charge < -0.3 is 19.1 Å². The van der Waals surface area contributed by atoms with Crippen LogP contribution in [0.25, 0.3) is 21.0 Å². The Morgan fingerprint density at radius 1 is 0.812 bits per heavy atom. The number of carbonyl (C=O) groups is 1. The van der Waals surface area contributed by atoms with E-state index in [1.807, 2.05) is 35.6 Å². The Bertz CT molecular complexity index is 1610. The van der Waals surface area contributed by atoms with E-state index >= 15 is 0 Å². The third kappa shape index (κ3) is 10.8. The van der Waals surface area contributed by atoms with Crippen molar-refractivity contribution in [3.63, 3.8) is 0 Å². The number of fused-ring (bicyclic) bond motifs is 2. The van der Waals surface area contributed by atoms with Crippen molar-refractivity contribution in [2.45, 2.75) is 90.7 Å². The zero-order chi connectivity index (χ0) is 33.4. The number of thiophene rings is 1. The molecule has 0 saturated carbocycles. The minimum atomic E-state index is -0.256. The molecule has 0 atom stereocenters. The molecule has 4 aromatic rings. The van der Waals surface area contributed by atoms with Crippen LogP contribution in [-0.2, 0) is 21.0 Å². The van der Waals surface area contributed by atoms with E-state index in [0.717, 1.165) is 81.5 Å². The zero-order valence-corrected chi connectivity index (χ0v) is 29.5. The maximum Gasteiger partial charge on any atom is 0.307 e. The summed E-state index contributed by atoms with van der Waals surface area (Å²) in [7, 11) is 0. The second-order valence-corrected chi connectivity index (χ2v) is 13.8. The molecule has 9 heteroatoms. The second-order valence-electron chi connectivity index (χ2n) is 12.9. The van der Waals surface area contributed by atoms with Crippen LogP contribution in [0.15, 0.2) is 64.8 Å².